The van der Waals surface area contributed by atoms with Crippen molar-refractivity contribution in [2.75, 3.05) is 11.4 Å². The van der Waals surface area contributed by atoms with Crippen LogP contribution >= 0.6 is 11.8 Å². The van der Waals surface area contributed by atoms with Gasteiger partial charge in [-0.1, -0.05) is 25.5 Å². The number of fused-ring (bicyclic) bond motifs is 1. The first kappa shape index (κ1) is 23.4. The fraction of sp³-hybridized carbons (Fsp3) is 0.400. The number of hydrogen-bond acceptors (Lipinski definition) is 4. The Balaban J connectivity index is 2.11. The van der Waals surface area contributed by atoms with Gasteiger partial charge in [-0.2, -0.15) is 26.3 Å². The predicted octanol–water partition coefficient (Wildman–Crippen LogP) is 5.32. The number of aromatic nitrogens is 1. The first-order valence-corrected chi connectivity index (χ1v) is 10.2. The first-order chi connectivity index (χ1) is 14.4. The molecule has 1 aliphatic rings. The molecule has 0 spiro atoms. The number of benzene rings is 1. The van der Waals surface area contributed by atoms with Gasteiger partial charge in [-0.25, -0.2) is 0 Å². The van der Waals surface area contributed by atoms with E-state index < -0.39 is 29.4 Å². The van der Waals surface area contributed by atoms with Gasteiger partial charge in [0.1, 0.15) is 5.69 Å². The number of alkyl halides is 6. The monoisotopic (exact) mass is 464 g/mol. The van der Waals surface area contributed by atoms with Crippen LogP contribution in [0.25, 0.3) is 0 Å². The van der Waals surface area contributed by atoms with Gasteiger partial charge in [-0.15, -0.1) is 11.8 Å². The summed E-state index contributed by atoms with van der Waals surface area (Å²) in [6.07, 6.45) is -9.26. The Bertz CT molecular complexity index is 935. The third-order valence-electron chi connectivity index (χ3n) is 4.91. The second-order valence-corrected chi connectivity index (χ2v) is 8.39. The Kier molecular flexibility index (Phi) is 6.30. The minimum Gasteiger partial charge on any atom is -0.369 e. The van der Waals surface area contributed by atoms with Crippen LogP contribution in [-0.4, -0.2) is 40.1 Å². The fourth-order valence-electron chi connectivity index (χ4n) is 3.36. The summed E-state index contributed by atoms with van der Waals surface area (Å²) in [6.45, 7) is 2.10. The molecule has 0 fully saturated rings. The van der Waals surface area contributed by atoms with Gasteiger partial charge in [0.15, 0.2) is 0 Å². The summed E-state index contributed by atoms with van der Waals surface area (Å²) in [5.74, 6) is -0.516. The lowest BCUT2D eigenvalue weighted by molar-refractivity contribution is -0.376. The van der Waals surface area contributed by atoms with Gasteiger partial charge in [0.25, 0.3) is 11.5 Å². The maximum Gasteiger partial charge on any atom is 0.430 e. The summed E-state index contributed by atoms with van der Waals surface area (Å²) in [7, 11) is 0. The number of aliphatic hydroxyl groups is 1. The molecule has 1 amide bonds. The van der Waals surface area contributed by atoms with Gasteiger partial charge in [-0.3, -0.25) is 9.78 Å². The molecule has 1 unspecified atom stereocenters. The quantitative estimate of drug-likeness (QED) is 0.623. The molecule has 168 valence electrons. The van der Waals surface area contributed by atoms with Gasteiger partial charge in [0.2, 0.25) is 0 Å². The summed E-state index contributed by atoms with van der Waals surface area (Å²) < 4.78 is 79.8. The molecule has 3 rings (SSSR count). The smallest absolute Gasteiger partial charge is 0.369 e. The van der Waals surface area contributed by atoms with E-state index in [9.17, 15) is 36.2 Å². The van der Waals surface area contributed by atoms with Crippen molar-refractivity contribution in [2.24, 2.45) is 0 Å². The lowest BCUT2D eigenvalue weighted by Crippen LogP contribution is -2.54. The van der Waals surface area contributed by atoms with Gasteiger partial charge < -0.3 is 10.0 Å². The van der Waals surface area contributed by atoms with E-state index >= 15 is 0 Å². The van der Waals surface area contributed by atoms with Crippen molar-refractivity contribution < 1.29 is 36.2 Å². The van der Waals surface area contributed by atoms with Crippen LogP contribution in [0.5, 0.6) is 0 Å². The fourth-order valence-corrected chi connectivity index (χ4v) is 4.79. The molecule has 0 saturated heterocycles. The number of anilines is 1. The van der Waals surface area contributed by atoms with E-state index in [1.165, 1.54) is 17.2 Å². The zero-order valence-corrected chi connectivity index (χ0v) is 17.0. The number of pyridine rings is 1. The number of carbonyl (C=O) groups excluding carboxylic acids is 1. The summed E-state index contributed by atoms with van der Waals surface area (Å²) in [6, 6.07) is 6.90. The zero-order valence-electron chi connectivity index (χ0n) is 16.2. The van der Waals surface area contributed by atoms with E-state index in [0.29, 0.717) is 25.0 Å². The van der Waals surface area contributed by atoms with Crippen LogP contribution in [0.4, 0.5) is 32.0 Å². The van der Waals surface area contributed by atoms with Crippen molar-refractivity contribution in [1.82, 2.24) is 4.98 Å². The largest absolute Gasteiger partial charge is 0.430 e. The molecule has 1 aromatic carbocycles. The van der Waals surface area contributed by atoms with Gasteiger partial charge in [0.05, 0.1) is 5.69 Å². The molecule has 4 nitrogen and oxygen atoms in total. The van der Waals surface area contributed by atoms with Crippen molar-refractivity contribution in [3.8, 4) is 0 Å². The Labute approximate surface area is 178 Å². The summed E-state index contributed by atoms with van der Waals surface area (Å²) in [4.78, 5) is 18.3. The molecule has 31 heavy (non-hydrogen) atoms. The van der Waals surface area contributed by atoms with Gasteiger partial charge >= 0.3 is 12.4 Å². The SMILES string of the molecule is CCCC1CN(C(=O)c2ccccn2)c2ccc(C(O)(C(F)(F)F)C(F)(F)F)cc2S1. The van der Waals surface area contributed by atoms with Crippen LogP contribution in [0.1, 0.15) is 35.8 Å². The molecule has 1 aromatic heterocycles. The minimum atomic E-state index is -5.98. The number of halogens is 6. The number of thioether (sulfide) groups is 1. The maximum absolute atomic E-state index is 13.3. The molecule has 0 bridgehead atoms. The number of hydrogen-bond donors (Lipinski definition) is 1. The lowest BCUT2D eigenvalue weighted by Gasteiger charge is -2.36. The molecular weight excluding hydrogens is 446 g/mol. The topological polar surface area (TPSA) is 53.4 Å². The summed E-state index contributed by atoms with van der Waals surface area (Å²) in [5.41, 5.74) is -6.10. The molecule has 2 aromatic rings. The van der Waals surface area contributed by atoms with Crippen LogP contribution in [0.15, 0.2) is 47.5 Å². The van der Waals surface area contributed by atoms with Crippen LogP contribution < -0.4 is 4.90 Å². The number of rotatable bonds is 4. The highest BCUT2D eigenvalue weighted by molar-refractivity contribution is 8.00. The highest BCUT2D eigenvalue weighted by atomic mass is 32.2. The van der Waals surface area contributed by atoms with Crippen molar-refractivity contribution in [2.45, 2.75) is 47.9 Å². The van der Waals surface area contributed by atoms with E-state index in [1.807, 2.05) is 6.92 Å². The third-order valence-corrected chi connectivity index (χ3v) is 6.21. The molecule has 0 radical (unpaired) electrons. The molecule has 1 N–H and O–H groups in total. The highest BCUT2D eigenvalue weighted by Gasteiger charge is 2.71. The van der Waals surface area contributed by atoms with Crippen molar-refractivity contribution in [3.63, 3.8) is 0 Å². The molecule has 0 aliphatic carbocycles. The summed E-state index contributed by atoms with van der Waals surface area (Å²) >= 11 is 1.09. The number of amides is 1. The molecule has 2 heterocycles. The van der Waals surface area contributed by atoms with E-state index in [4.69, 9.17) is 0 Å². The van der Waals surface area contributed by atoms with Gasteiger partial charge in [-0.05, 0) is 30.7 Å². The normalized spacial score (nSPS) is 17.4. The molecule has 1 atom stereocenters. The second-order valence-electron chi connectivity index (χ2n) is 7.05. The van der Waals surface area contributed by atoms with Crippen molar-refractivity contribution in [1.29, 1.82) is 0 Å². The van der Waals surface area contributed by atoms with Crippen molar-refractivity contribution >= 4 is 23.4 Å². The van der Waals surface area contributed by atoms with Crippen LogP contribution in [0.3, 0.4) is 0 Å². The van der Waals surface area contributed by atoms with E-state index in [-0.39, 0.29) is 28.1 Å². The third kappa shape index (κ3) is 4.25. The number of nitrogens with zero attached hydrogens (tertiary/aromatic N) is 2. The van der Waals surface area contributed by atoms with Crippen LogP contribution in [0, 0.1) is 0 Å². The molecular formula is C20H18F6N2O2S. The average molecular weight is 464 g/mol. The predicted molar refractivity (Wildman–Crippen MR) is 103 cm³/mol. The maximum atomic E-state index is 13.3. The molecule has 11 heteroatoms. The second kappa shape index (κ2) is 8.34. The van der Waals surface area contributed by atoms with Gasteiger partial charge in [0, 0.05) is 28.5 Å². The first-order valence-electron chi connectivity index (χ1n) is 9.30. The summed E-state index contributed by atoms with van der Waals surface area (Å²) in [5, 5.41) is 9.48. The zero-order chi connectivity index (χ0) is 23.0. The van der Waals surface area contributed by atoms with Crippen molar-refractivity contribution in [3.05, 3.63) is 53.9 Å². The average Bonchev–Trinajstić information content (AvgIpc) is 2.70. The standard InChI is InChI=1S/C20H18F6N2O2S/c1-2-5-13-11-28(17(29)14-6-3-4-9-27-14)15-8-7-12(10-16(15)31-13)18(30,19(21,22)23)20(24,25)26/h3-4,6-10,13,30H,2,5,11H2,1H3. The van der Waals surface area contributed by atoms with E-state index in [0.717, 1.165) is 17.8 Å². The molecule has 0 saturated carbocycles. The van der Waals surface area contributed by atoms with E-state index in [2.05, 4.69) is 4.98 Å². The Morgan fingerprint density at radius 3 is 2.39 bits per heavy atom. The highest BCUT2D eigenvalue weighted by Crippen LogP contribution is 2.52. The van der Waals surface area contributed by atoms with Crippen LogP contribution in [0.2, 0.25) is 0 Å². The number of carbonyl (C=O) groups is 1. The molecule has 1 aliphatic heterocycles. The van der Waals surface area contributed by atoms with Crippen LogP contribution in [-0.2, 0) is 5.60 Å². The minimum absolute atomic E-state index is 0.0541. The Morgan fingerprint density at radius 2 is 1.84 bits per heavy atom. The Hall–Kier alpha value is -2.27. The Morgan fingerprint density at radius 1 is 1.16 bits per heavy atom. The van der Waals surface area contributed by atoms with E-state index in [1.54, 1.807) is 12.1 Å². The lowest BCUT2D eigenvalue weighted by atomic mass is 9.92.